The van der Waals surface area contributed by atoms with Crippen LogP contribution in [0, 0.1) is 0 Å². The van der Waals surface area contributed by atoms with E-state index in [0.29, 0.717) is 23.0 Å². The van der Waals surface area contributed by atoms with Crippen molar-refractivity contribution in [2.24, 2.45) is 5.16 Å². The lowest BCUT2D eigenvalue weighted by Crippen LogP contribution is -2.36. The van der Waals surface area contributed by atoms with E-state index in [4.69, 9.17) is 9.47 Å². The summed E-state index contributed by atoms with van der Waals surface area (Å²) in [6.45, 7) is 1.74. The number of benzene rings is 1. The van der Waals surface area contributed by atoms with E-state index in [1.54, 1.807) is 13.3 Å². The van der Waals surface area contributed by atoms with E-state index in [9.17, 15) is 5.21 Å². The number of likely N-dealkylation sites (tertiary alicyclic amines) is 1. The molecule has 3 rings (SSSR count). The number of hydrogen-bond acceptors (Lipinski definition) is 5. The second-order valence-electron chi connectivity index (χ2n) is 5.61. The zero-order chi connectivity index (χ0) is 16.8. The van der Waals surface area contributed by atoms with Crippen molar-refractivity contribution in [2.45, 2.75) is 19.3 Å². The lowest BCUT2D eigenvalue weighted by atomic mass is 10.1. The lowest BCUT2D eigenvalue weighted by Gasteiger charge is -2.29. The van der Waals surface area contributed by atoms with Gasteiger partial charge in [0.15, 0.2) is 5.84 Å². The van der Waals surface area contributed by atoms with Gasteiger partial charge in [0.1, 0.15) is 11.5 Å². The molecule has 0 bridgehead atoms. The Labute approximate surface area is 141 Å². The van der Waals surface area contributed by atoms with Crippen LogP contribution in [0.1, 0.15) is 24.8 Å². The average molecular weight is 327 g/mol. The van der Waals surface area contributed by atoms with Crippen molar-refractivity contribution in [2.75, 3.05) is 20.2 Å². The predicted octanol–water partition coefficient (Wildman–Crippen LogP) is 3.50. The number of methoxy groups -OCH3 is 1. The summed E-state index contributed by atoms with van der Waals surface area (Å²) in [5.74, 6) is 2.33. The average Bonchev–Trinajstić information content (AvgIpc) is 2.65. The highest BCUT2D eigenvalue weighted by molar-refractivity contribution is 6.00. The molecule has 1 aromatic carbocycles. The normalized spacial score (nSPS) is 15.2. The van der Waals surface area contributed by atoms with Crippen LogP contribution in [0.4, 0.5) is 0 Å². The Balaban J connectivity index is 1.86. The highest BCUT2D eigenvalue weighted by atomic mass is 16.5. The fourth-order valence-corrected chi connectivity index (χ4v) is 2.79. The van der Waals surface area contributed by atoms with Gasteiger partial charge in [-0.3, -0.25) is 0 Å². The van der Waals surface area contributed by atoms with Gasteiger partial charge in [-0.1, -0.05) is 5.16 Å². The number of aromatic nitrogens is 1. The highest BCUT2D eigenvalue weighted by Crippen LogP contribution is 2.26. The SMILES string of the molecule is COc1ccc(Oc2ncccc2/C(=N/O)N2CCCCC2)cc1. The molecule has 2 aromatic rings. The maximum Gasteiger partial charge on any atom is 0.230 e. The van der Waals surface area contributed by atoms with Gasteiger partial charge in [-0.2, -0.15) is 0 Å². The van der Waals surface area contributed by atoms with E-state index < -0.39 is 0 Å². The Morgan fingerprint density at radius 3 is 2.46 bits per heavy atom. The highest BCUT2D eigenvalue weighted by Gasteiger charge is 2.21. The van der Waals surface area contributed by atoms with Crippen LogP contribution in [0.5, 0.6) is 17.4 Å². The Bertz CT molecular complexity index is 695. The number of hydrogen-bond donors (Lipinski definition) is 1. The van der Waals surface area contributed by atoms with Crippen molar-refractivity contribution < 1.29 is 14.7 Å². The molecule has 1 N–H and O–H groups in total. The summed E-state index contributed by atoms with van der Waals surface area (Å²) in [5, 5.41) is 13.1. The zero-order valence-corrected chi connectivity index (χ0v) is 13.7. The molecule has 6 heteroatoms. The minimum Gasteiger partial charge on any atom is -0.497 e. The quantitative estimate of drug-likeness (QED) is 0.403. The monoisotopic (exact) mass is 327 g/mol. The van der Waals surface area contributed by atoms with E-state index in [1.165, 1.54) is 6.42 Å². The van der Waals surface area contributed by atoms with Gasteiger partial charge in [-0.25, -0.2) is 4.98 Å². The first-order valence-corrected chi connectivity index (χ1v) is 8.06. The molecule has 0 unspecified atom stereocenters. The molecule has 0 amide bonds. The first-order chi connectivity index (χ1) is 11.8. The third-order valence-electron chi connectivity index (χ3n) is 4.04. The van der Waals surface area contributed by atoms with Crippen molar-refractivity contribution in [3.8, 4) is 17.4 Å². The van der Waals surface area contributed by atoms with Crippen molar-refractivity contribution in [3.05, 3.63) is 48.2 Å². The van der Waals surface area contributed by atoms with Crippen molar-refractivity contribution in [1.82, 2.24) is 9.88 Å². The molecule has 0 atom stereocenters. The van der Waals surface area contributed by atoms with Crippen LogP contribution in [0.15, 0.2) is 47.8 Å². The number of amidine groups is 1. The number of piperidine rings is 1. The maximum atomic E-state index is 9.54. The summed E-state index contributed by atoms with van der Waals surface area (Å²) in [6.07, 6.45) is 5.05. The molecule has 1 aliphatic heterocycles. The fraction of sp³-hybridized carbons (Fsp3) is 0.333. The smallest absolute Gasteiger partial charge is 0.230 e. The number of pyridine rings is 1. The molecule has 0 saturated carbocycles. The molecule has 0 spiro atoms. The van der Waals surface area contributed by atoms with Crippen LogP contribution in [-0.2, 0) is 0 Å². The standard InChI is InChI=1S/C18H21N3O3/c1-23-14-7-9-15(10-8-14)24-18-16(6-5-11-19-18)17(20-22)21-12-3-2-4-13-21/h5-11,22H,2-4,12-13H2,1H3/b20-17-. The molecule has 0 radical (unpaired) electrons. The van der Waals surface area contributed by atoms with Gasteiger partial charge >= 0.3 is 0 Å². The Morgan fingerprint density at radius 1 is 1.08 bits per heavy atom. The van der Waals surface area contributed by atoms with Crippen LogP contribution in [-0.4, -0.2) is 41.1 Å². The molecule has 1 fully saturated rings. The fourth-order valence-electron chi connectivity index (χ4n) is 2.79. The summed E-state index contributed by atoms with van der Waals surface area (Å²) in [7, 11) is 1.62. The number of nitrogens with zero attached hydrogens (tertiary/aromatic N) is 3. The zero-order valence-electron chi connectivity index (χ0n) is 13.7. The molecule has 0 aliphatic carbocycles. The van der Waals surface area contributed by atoms with Gasteiger partial charge < -0.3 is 19.6 Å². The van der Waals surface area contributed by atoms with Crippen molar-refractivity contribution in [3.63, 3.8) is 0 Å². The molecular weight excluding hydrogens is 306 g/mol. The van der Waals surface area contributed by atoms with Gasteiger partial charge in [-0.05, 0) is 55.7 Å². The Morgan fingerprint density at radius 2 is 1.79 bits per heavy atom. The summed E-state index contributed by atoms with van der Waals surface area (Å²) < 4.78 is 11.0. The molecule has 126 valence electrons. The van der Waals surface area contributed by atoms with E-state index in [0.717, 1.165) is 31.7 Å². The topological polar surface area (TPSA) is 67.2 Å². The summed E-state index contributed by atoms with van der Waals surface area (Å²) in [4.78, 5) is 6.38. The van der Waals surface area contributed by atoms with Crippen LogP contribution < -0.4 is 9.47 Å². The van der Waals surface area contributed by atoms with Crippen LogP contribution in [0.3, 0.4) is 0 Å². The van der Waals surface area contributed by atoms with E-state index >= 15 is 0 Å². The number of rotatable bonds is 4. The largest absolute Gasteiger partial charge is 0.497 e. The first-order valence-electron chi connectivity index (χ1n) is 8.06. The first kappa shape index (κ1) is 16.1. The molecule has 1 aliphatic rings. The summed E-state index contributed by atoms with van der Waals surface area (Å²) in [6, 6.07) is 10.9. The Kier molecular flexibility index (Phi) is 5.15. The van der Waals surface area contributed by atoms with E-state index in [1.807, 2.05) is 36.4 Å². The Hall–Kier alpha value is -2.76. The molecule has 1 aromatic heterocycles. The second kappa shape index (κ2) is 7.68. The van der Waals surface area contributed by atoms with Crippen molar-refractivity contribution in [1.29, 1.82) is 0 Å². The third-order valence-corrected chi connectivity index (χ3v) is 4.04. The van der Waals surface area contributed by atoms with Crippen LogP contribution in [0.25, 0.3) is 0 Å². The van der Waals surface area contributed by atoms with Gasteiger partial charge in [0, 0.05) is 19.3 Å². The van der Waals surface area contributed by atoms with Gasteiger partial charge in [-0.15, -0.1) is 0 Å². The van der Waals surface area contributed by atoms with Gasteiger partial charge in [0.25, 0.3) is 0 Å². The minimum atomic E-state index is 0.418. The molecule has 1 saturated heterocycles. The van der Waals surface area contributed by atoms with E-state index in [2.05, 4.69) is 15.0 Å². The molecule has 2 heterocycles. The molecule has 6 nitrogen and oxygen atoms in total. The van der Waals surface area contributed by atoms with Gasteiger partial charge in [0.05, 0.1) is 12.7 Å². The summed E-state index contributed by atoms with van der Waals surface area (Å²) in [5.41, 5.74) is 0.678. The number of ether oxygens (including phenoxy) is 2. The minimum absolute atomic E-state index is 0.418. The second-order valence-corrected chi connectivity index (χ2v) is 5.61. The predicted molar refractivity (Wildman–Crippen MR) is 91.1 cm³/mol. The molecule has 24 heavy (non-hydrogen) atoms. The number of oxime groups is 1. The van der Waals surface area contributed by atoms with Crippen LogP contribution >= 0.6 is 0 Å². The summed E-state index contributed by atoms with van der Waals surface area (Å²) >= 11 is 0. The van der Waals surface area contributed by atoms with E-state index in [-0.39, 0.29) is 0 Å². The van der Waals surface area contributed by atoms with Gasteiger partial charge in [0.2, 0.25) is 5.88 Å². The molecular formula is C18H21N3O3. The van der Waals surface area contributed by atoms with Crippen LogP contribution in [0.2, 0.25) is 0 Å². The maximum absolute atomic E-state index is 9.54. The third kappa shape index (κ3) is 3.59. The lowest BCUT2D eigenvalue weighted by molar-refractivity contribution is 0.285. The van der Waals surface area contributed by atoms with Crippen molar-refractivity contribution >= 4 is 5.84 Å².